The number of carbonyl (C=O) groups excluding carboxylic acids is 1. The van der Waals surface area contributed by atoms with Crippen molar-refractivity contribution in [3.8, 4) is 12.3 Å². The summed E-state index contributed by atoms with van der Waals surface area (Å²) in [6.07, 6.45) is 4.91. The first-order valence-corrected chi connectivity index (χ1v) is 4.46. The van der Waals surface area contributed by atoms with Crippen LogP contribution in [0, 0.1) is 19.3 Å². The lowest BCUT2D eigenvalue weighted by molar-refractivity contribution is -0.111. The highest BCUT2D eigenvalue weighted by atomic mass is 79.9. The predicted octanol–water partition coefficient (Wildman–Crippen LogP) is 2.33. The topological polar surface area (TPSA) is 29.1 Å². The molecule has 0 aliphatic carbocycles. The van der Waals surface area contributed by atoms with E-state index < -0.39 is 5.91 Å². The number of rotatable bonds is 1. The first-order chi connectivity index (χ1) is 6.13. The fourth-order valence-electron chi connectivity index (χ4n) is 0.838. The summed E-state index contributed by atoms with van der Waals surface area (Å²) in [5.74, 6) is 1.55. The van der Waals surface area contributed by atoms with Crippen molar-refractivity contribution in [2.45, 2.75) is 6.92 Å². The van der Waals surface area contributed by atoms with E-state index in [4.69, 9.17) is 6.42 Å². The second-order valence-electron chi connectivity index (χ2n) is 2.56. The summed E-state index contributed by atoms with van der Waals surface area (Å²) in [5, 5.41) is 2.55. The van der Waals surface area contributed by atoms with Gasteiger partial charge in [0.25, 0.3) is 5.91 Å². The summed E-state index contributed by atoms with van der Waals surface area (Å²) in [5.41, 5.74) is 1.80. The van der Waals surface area contributed by atoms with Crippen molar-refractivity contribution >= 4 is 27.5 Å². The monoisotopic (exact) mass is 237 g/mol. The molecule has 0 aliphatic heterocycles. The van der Waals surface area contributed by atoms with Gasteiger partial charge in [0, 0.05) is 10.2 Å². The van der Waals surface area contributed by atoms with Gasteiger partial charge in [-0.25, -0.2) is 0 Å². The second-order valence-corrected chi connectivity index (χ2v) is 3.42. The molecule has 1 aromatic rings. The second kappa shape index (κ2) is 4.11. The number of hydrogen-bond acceptors (Lipinski definition) is 1. The van der Waals surface area contributed by atoms with Gasteiger partial charge in [0.05, 0.1) is 0 Å². The number of halogens is 1. The standard InChI is InChI=1S/C10H8BrNO/c1-3-10(13)12-8-5-4-7(2)9(11)6-8/h1,4-6H,2H3,(H,12,13). The molecule has 1 N–H and O–H groups in total. The van der Waals surface area contributed by atoms with Gasteiger partial charge >= 0.3 is 0 Å². The molecule has 0 saturated carbocycles. The fraction of sp³-hybridized carbons (Fsp3) is 0.100. The van der Waals surface area contributed by atoms with Gasteiger partial charge in [-0.3, -0.25) is 4.79 Å². The summed E-state index contributed by atoms with van der Waals surface area (Å²) in [7, 11) is 0. The lowest BCUT2D eigenvalue weighted by atomic mass is 10.2. The molecule has 1 amide bonds. The normalized spacial score (nSPS) is 9.00. The number of amides is 1. The van der Waals surface area contributed by atoms with Crippen LogP contribution in [0.3, 0.4) is 0 Å². The lowest BCUT2D eigenvalue weighted by Crippen LogP contribution is -2.07. The van der Waals surface area contributed by atoms with Gasteiger partial charge in [-0.2, -0.15) is 0 Å². The Morgan fingerprint density at radius 1 is 1.62 bits per heavy atom. The maximum Gasteiger partial charge on any atom is 0.300 e. The van der Waals surface area contributed by atoms with Crippen LogP contribution in [0.25, 0.3) is 0 Å². The third kappa shape index (κ3) is 2.60. The van der Waals surface area contributed by atoms with E-state index >= 15 is 0 Å². The van der Waals surface area contributed by atoms with Crippen molar-refractivity contribution in [2.75, 3.05) is 5.32 Å². The van der Waals surface area contributed by atoms with Crippen LogP contribution in [0.1, 0.15) is 5.56 Å². The number of benzene rings is 1. The number of nitrogens with one attached hydrogen (secondary N) is 1. The van der Waals surface area contributed by atoms with E-state index in [1.54, 1.807) is 6.07 Å². The Balaban J connectivity index is 2.87. The number of terminal acetylenes is 1. The Morgan fingerprint density at radius 3 is 2.85 bits per heavy atom. The molecule has 13 heavy (non-hydrogen) atoms. The Morgan fingerprint density at radius 2 is 2.31 bits per heavy atom. The molecule has 1 rings (SSSR count). The smallest absolute Gasteiger partial charge is 0.300 e. The quantitative estimate of drug-likeness (QED) is 0.747. The van der Waals surface area contributed by atoms with Crippen molar-refractivity contribution in [3.05, 3.63) is 28.2 Å². The molecule has 0 unspecified atom stereocenters. The van der Waals surface area contributed by atoms with E-state index in [-0.39, 0.29) is 0 Å². The molecule has 0 bridgehead atoms. The highest BCUT2D eigenvalue weighted by molar-refractivity contribution is 9.10. The summed E-state index contributed by atoms with van der Waals surface area (Å²) >= 11 is 3.35. The van der Waals surface area contributed by atoms with Crippen molar-refractivity contribution in [3.63, 3.8) is 0 Å². The summed E-state index contributed by atoms with van der Waals surface area (Å²) in [4.78, 5) is 10.8. The van der Waals surface area contributed by atoms with Crippen LogP contribution in [-0.2, 0) is 4.79 Å². The zero-order chi connectivity index (χ0) is 9.84. The Hall–Kier alpha value is -1.27. The SMILES string of the molecule is C#CC(=O)Nc1ccc(C)c(Br)c1. The number of carbonyl (C=O) groups is 1. The first kappa shape index (κ1) is 9.82. The van der Waals surface area contributed by atoms with Gasteiger partial charge < -0.3 is 5.32 Å². The van der Waals surface area contributed by atoms with Gasteiger partial charge in [0.1, 0.15) is 0 Å². The lowest BCUT2D eigenvalue weighted by Gasteiger charge is -2.03. The van der Waals surface area contributed by atoms with Gasteiger partial charge in [0.2, 0.25) is 0 Å². The molecule has 0 spiro atoms. The van der Waals surface area contributed by atoms with Crippen molar-refractivity contribution in [2.24, 2.45) is 0 Å². The molecular weight excluding hydrogens is 230 g/mol. The third-order valence-corrected chi connectivity index (χ3v) is 2.42. The van der Waals surface area contributed by atoms with E-state index in [2.05, 4.69) is 21.2 Å². The first-order valence-electron chi connectivity index (χ1n) is 3.67. The average Bonchev–Trinajstić information content (AvgIpc) is 2.11. The van der Waals surface area contributed by atoms with E-state index in [0.29, 0.717) is 5.69 Å². The Kier molecular flexibility index (Phi) is 3.10. The molecule has 0 atom stereocenters. The molecule has 2 nitrogen and oxygen atoms in total. The number of anilines is 1. The predicted molar refractivity (Wildman–Crippen MR) is 56.3 cm³/mol. The van der Waals surface area contributed by atoms with Crippen molar-refractivity contribution in [1.29, 1.82) is 0 Å². The highest BCUT2D eigenvalue weighted by Crippen LogP contribution is 2.20. The fourth-order valence-corrected chi connectivity index (χ4v) is 1.22. The summed E-state index contributed by atoms with van der Waals surface area (Å²) < 4.78 is 0.947. The molecule has 0 heterocycles. The van der Waals surface area contributed by atoms with E-state index in [9.17, 15) is 4.79 Å². The molecule has 0 saturated heterocycles. The van der Waals surface area contributed by atoms with Crippen LogP contribution in [0.15, 0.2) is 22.7 Å². The van der Waals surface area contributed by atoms with Crippen LogP contribution in [0.4, 0.5) is 5.69 Å². The van der Waals surface area contributed by atoms with Gasteiger partial charge in [0.15, 0.2) is 0 Å². The molecule has 66 valence electrons. The molecule has 0 fully saturated rings. The minimum absolute atomic E-state index is 0.434. The molecule has 3 heteroatoms. The number of hydrogen-bond donors (Lipinski definition) is 1. The Bertz CT molecular complexity index is 379. The number of aryl methyl sites for hydroxylation is 1. The minimum atomic E-state index is -0.434. The van der Waals surface area contributed by atoms with Crippen molar-refractivity contribution < 1.29 is 4.79 Å². The van der Waals surface area contributed by atoms with E-state index in [0.717, 1.165) is 10.0 Å². The zero-order valence-corrected chi connectivity index (χ0v) is 8.68. The molecule has 0 aromatic heterocycles. The zero-order valence-electron chi connectivity index (χ0n) is 7.10. The molecule has 1 aromatic carbocycles. The molecule has 0 radical (unpaired) electrons. The van der Waals surface area contributed by atoms with E-state index in [1.165, 1.54) is 0 Å². The summed E-state index contributed by atoms with van der Waals surface area (Å²) in [6.45, 7) is 1.97. The van der Waals surface area contributed by atoms with Gasteiger partial charge in [-0.15, -0.1) is 6.42 Å². The van der Waals surface area contributed by atoms with E-state index in [1.807, 2.05) is 25.0 Å². The van der Waals surface area contributed by atoms with Crippen LogP contribution in [-0.4, -0.2) is 5.91 Å². The van der Waals surface area contributed by atoms with Gasteiger partial charge in [-0.1, -0.05) is 22.0 Å². The largest absolute Gasteiger partial charge is 0.315 e. The van der Waals surface area contributed by atoms with Crippen LogP contribution in [0.2, 0.25) is 0 Å². The Labute approximate surface area is 85.5 Å². The maximum absolute atomic E-state index is 10.8. The van der Waals surface area contributed by atoms with Gasteiger partial charge in [-0.05, 0) is 30.5 Å². The van der Waals surface area contributed by atoms with Crippen LogP contribution >= 0.6 is 15.9 Å². The third-order valence-electron chi connectivity index (χ3n) is 1.56. The summed E-state index contributed by atoms with van der Waals surface area (Å²) in [6, 6.07) is 5.51. The average molecular weight is 238 g/mol. The molecular formula is C10H8BrNO. The van der Waals surface area contributed by atoms with Crippen LogP contribution < -0.4 is 5.32 Å². The minimum Gasteiger partial charge on any atom is -0.315 e. The highest BCUT2D eigenvalue weighted by Gasteiger charge is 1.99. The van der Waals surface area contributed by atoms with Crippen molar-refractivity contribution in [1.82, 2.24) is 0 Å². The van der Waals surface area contributed by atoms with Crippen LogP contribution in [0.5, 0.6) is 0 Å². The maximum atomic E-state index is 10.8. The molecule has 0 aliphatic rings.